The van der Waals surface area contributed by atoms with Crippen LogP contribution in [0, 0.1) is 18.6 Å². The van der Waals surface area contributed by atoms with Gasteiger partial charge in [-0.2, -0.15) is 0 Å². The summed E-state index contributed by atoms with van der Waals surface area (Å²) < 4.78 is 41.9. The molecule has 3 aromatic carbocycles. The number of aromatic nitrogens is 2. The number of benzene rings is 3. The predicted molar refractivity (Wildman–Crippen MR) is 171 cm³/mol. The molecule has 1 aliphatic rings. The SMILES string of the molecule is CNC(=O)c1c(-c2ccc(F)cc2)oc2ccc(-c3cc(C(=O)CC4(c5ccc6cnccc6n5)CC4)c(OC)cc3C)c(F)c12. The monoisotopic (exact) mass is 617 g/mol. The largest absolute Gasteiger partial charge is 0.496 e. The number of amides is 1. The zero-order valence-electron chi connectivity index (χ0n) is 25.4. The highest BCUT2D eigenvalue weighted by Crippen LogP contribution is 2.51. The number of fused-ring (bicyclic) bond motifs is 2. The third-order valence-corrected chi connectivity index (χ3v) is 8.88. The van der Waals surface area contributed by atoms with Crippen LogP contribution in [0.5, 0.6) is 5.75 Å². The van der Waals surface area contributed by atoms with Crippen LogP contribution < -0.4 is 10.1 Å². The van der Waals surface area contributed by atoms with E-state index in [1.54, 1.807) is 36.7 Å². The van der Waals surface area contributed by atoms with Crippen LogP contribution in [0.3, 0.4) is 0 Å². The third-order valence-electron chi connectivity index (χ3n) is 8.88. The van der Waals surface area contributed by atoms with Crippen molar-refractivity contribution in [2.75, 3.05) is 14.2 Å². The number of methoxy groups -OCH3 is 1. The molecule has 0 spiro atoms. The first-order chi connectivity index (χ1) is 22.2. The summed E-state index contributed by atoms with van der Waals surface area (Å²) in [5, 5.41) is 3.48. The van der Waals surface area contributed by atoms with E-state index in [-0.39, 0.29) is 45.5 Å². The molecule has 1 fully saturated rings. The molecule has 46 heavy (non-hydrogen) atoms. The zero-order valence-corrected chi connectivity index (χ0v) is 25.4. The van der Waals surface area contributed by atoms with E-state index in [0.717, 1.165) is 29.4 Å². The lowest BCUT2D eigenvalue weighted by atomic mass is 9.88. The van der Waals surface area contributed by atoms with Gasteiger partial charge in [-0.05, 0) is 97.6 Å². The maximum atomic E-state index is 16.6. The van der Waals surface area contributed by atoms with Crippen molar-refractivity contribution in [1.29, 1.82) is 0 Å². The van der Waals surface area contributed by atoms with Gasteiger partial charge in [-0.15, -0.1) is 0 Å². The normalized spacial score (nSPS) is 13.6. The summed E-state index contributed by atoms with van der Waals surface area (Å²) in [5.41, 5.74) is 3.59. The summed E-state index contributed by atoms with van der Waals surface area (Å²) in [5.74, 6) is -1.29. The van der Waals surface area contributed by atoms with E-state index in [1.165, 1.54) is 38.4 Å². The Labute approximate surface area is 263 Å². The minimum absolute atomic E-state index is 0.000245. The smallest absolute Gasteiger partial charge is 0.255 e. The molecule has 1 amide bonds. The van der Waals surface area contributed by atoms with Crippen LogP contribution in [0.4, 0.5) is 8.78 Å². The summed E-state index contributed by atoms with van der Waals surface area (Å²) in [6, 6.07) is 17.8. The molecule has 6 aromatic rings. The molecule has 7 rings (SSSR count). The Morgan fingerprint density at radius 1 is 1.00 bits per heavy atom. The second-order valence-electron chi connectivity index (χ2n) is 11.7. The molecule has 0 saturated heterocycles. The quantitative estimate of drug-likeness (QED) is 0.174. The number of aryl methyl sites for hydroxylation is 1. The molecule has 230 valence electrons. The summed E-state index contributed by atoms with van der Waals surface area (Å²) in [6.07, 6.45) is 5.34. The Bertz CT molecular complexity index is 2190. The molecule has 0 aliphatic heterocycles. The molecule has 0 radical (unpaired) electrons. The molecular weight excluding hydrogens is 588 g/mol. The highest BCUT2D eigenvalue weighted by molar-refractivity contribution is 6.12. The zero-order chi connectivity index (χ0) is 32.2. The maximum Gasteiger partial charge on any atom is 0.255 e. The molecule has 1 aliphatic carbocycles. The molecule has 1 saturated carbocycles. The van der Waals surface area contributed by atoms with Crippen LogP contribution in [0.25, 0.3) is 44.3 Å². The number of rotatable bonds is 8. The summed E-state index contributed by atoms with van der Waals surface area (Å²) >= 11 is 0. The lowest BCUT2D eigenvalue weighted by Crippen LogP contribution is -2.18. The van der Waals surface area contributed by atoms with E-state index in [2.05, 4.69) is 10.3 Å². The Kier molecular flexibility index (Phi) is 7.11. The number of ketones is 1. The fourth-order valence-corrected chi connectivity index (χ4v) is 6.20. The average molecular weight is 618 g/mol. The van der Waals surface area contributed by atoms with Crippen LogP contribution >= 0.6 is 0 Å². The Morgan fingerprint density at radius 3 is 2.50 bits per heavy atom. The van der Waals surface area contributed by atoms with Crippen LogP contribution in [0.2, 0.25) is 0 Å². The molecule has 3 aromatic heterocycles. The molecule has 7 nitrogen and oxygen atoms in total. The molecule has 3 heterocycles. The van der Waals surface area contributed by atoms with Crippen molar-refractivity contribution in [2.24, 2.45) is 0 Å². The lowest BCUT2D eigenvalue weighted by molar-refractivity contribution is 0.0957. The lowest BCUT2D eigenvalue weighted by Gasteiger charge is -2.18. The predicted octanol–water partition coefficient (Wildman–Crippen LogP) is 7.97. The van der Waals surface area contributed by atoms with Gasteiger partial charge < -0.3 is 14.5 Å². The van der Waals surface area contributed by atoms with Gasteiger partial charge in [-0.1, -0.05) is 0 Å². The highest BCUT2D eigenvalue weighted by atomic mass is 19.1. The van der Waals surface area contributed by atoms with Crippen LogP contribution in [-0.4, -0.2) is 35.8 Å². The number of halogens is 2. The second kappa shape index (κ2) is 11.2. The number of nitrogens with zero attached hydrogens (tertiary/aromatic N) is 2. The summed E-state index contributed by atoms with van der Waals surface area (Å²) in [4.78, 5) is 36.1. The van der Waals surface area contributed by atoms with Gasteiger partial charge in [0.15, 0.2) is 5.78 Å². The second-order valence-corrected chi connectivity index (χ2v) is 11.7. The number of furan rings is 1. The first-order valence-corrected chi connectivity index (χ1v) is 14.9. The van der Waals surface area contributed by atoms with Gasteiger partial charge in [-0.3, -0.25) is 19.6 Å². The van der Waals surface area contributed by atoms with Gasteiger partial charge in [-0.25, -0.2) is 8.78 Å². The van der Waals surface area contributed by atoms with E-state index < -0.39 is 17.5 Å². The van der Waals surface area contributed by atoms with Crippen molar-refractivity contribution in [2.45, 2.75) is 31.6 Å². The minimum atomic E-state index is -0.673. The Balaban J connectivity index is 1.31. The maximum absolute atomic E-state index is 16.6. The van der Waals surface area contributed by atoms with Gasteiger partial charge >= 0.3 is 0 Å². The van der Waals surface area contributed by atoms with E-state index in [4.69, 9.17) is 14.1 Å². The minimum Gasteiger partial charge on any atom is -0.496 e. The first-order valence-electron chi connectivity index (χ1n) is 14.9. The number of carbonyl (C=O) groups excluding carboxylic acids is 2. The number of hydrogen-bond donors (Lipinski definition) is 1. The van der Waals surface area contributed by atoms with Crippen LogP contribution in [-0.2, 0) is 5.41 Å². The fraction of sp³-hybridized carbons (Fsp3) is 0.189. The topological polar surface area (TPSA) is 94.3 Å². The van der Waals surface area contributed by atoms with Gasteiger partial charge in [0.25, 0.3) is 5.91 Å². The summed E-state index contributed by atoms with van der Waals surface area (Å²) in [6.45, 7) is 1.81. The molecular formula is C37H29F2N3O4. The standard InChI is InChI=1S/C37H29F2N3O4/c1-20-16-30(45-3)26(28(43)18-37(13-14-37)31-11-6-22-19-41-15-12-27(22)42-31)17-25(20)24-9-10-29-32(34(24)39)33(36(44)40-2)35(46-29)21-4-7-23(38)8-5-21/h4-12,15-17,19H,13-14,18H2,1-3H3,(H,40,44). The highest BCUT2D eigenvalue weighted by Gasteiger charge is 2.47. The van der Waals surface area contributed by atoms with Gasteiger partial charge in [0, 0.05) is 53.5 Å². The van der Waals surface area contributed by atoms with E-state index in [1.807, 2.05) is 25.1 Å². The van der Waals surface area contributed by atoms with E-state index >= 15 is 4.39 Å². The van der Waals surface area contributed by atoms with Crippen molar-refractivity contribution in [3.63, 3.8) is 0 Å². The fourth-order valence-electron chi connectivity index (χ4n) is 6.20. The summed E-state index contributed by atoms with van der Waals surface area (Å²) in [7, 11) is 2.95. The van der Waals surface area contributed by atoms with Crippen molar-refractivity contribution in [3.8, 4) is 28.2 Å². The van der Waals surface area contributed by atoms with Crippen molar-refractivity contribution in [3.05, 3.63) is 113 Å². The Morgan fingerprint density at radius 2 is 1.78 bits per heavy atom. The number of Topliss-reactive ketones (excluding diaryl/α,β-unsaturated/α-hetero) is 1. The van der Waals surface area contributed by atoms with E-state index in [9.17, 15) is 14.0 Å². The third kappa shape index (κ3) is 4.88. The van der Waals surface area contributed by atoms with E-state index in [0.29, 0.717) is 28.0 Å². The number of ether oxygens (including phenoxy) is 1. The van der Waals surface area contributed by atoms with Gasteiger partial charge in [0.1, 0.15) is 28.7 Å². The number of pyridine rings is 2. The molecule has 9 heteroatoms. The molecule has 0 bridgehead atoms. The van der Waals surface area contributed by atoms with Crippen molar-refractivity contribution in [1.82, 2.24) is 15.3 Å². The first kappa shape index (κ1) is 29.3. The Hall–Kier alpha value is -5.44. The molecule has 0 unspecified atom stereocenters. The number of hydrogen-bond acceptors (Lipinski definition) is 6. The van der Waals surface area contributed by atoms with Crippen LogP contribution in [0.15, 0.2) is 83.5 Å². The molecule has 0 atom stereocenters. The van der Waals surface area contributed by atoms with Gasteiger partial charge in [0.2, 0.25) is 0 Å². The van der Waals surface area contributed by atoms with Gasteiger partial charge in [0.05, 0.1) is 29.1 Å². The average Bonchev–Trinajstić information content (AvgIpc) is 3.75. The van der Waals surface area contributed by atoms with Crippen LogP contribution in [0.1, 0.15) is 51.2 Å². The number of carbonyl (C=O) groups is 2. The van der Waals surface area contributed by atoms with Crippen molar-refractivity contribution >= 4 is 33.6 Å². The number of nitrogens with one attached hydrogen (secondary N) is 1. The molecule has 1 N–H and O–H groups in total. The van der Waals surface area contributed by atoms with Crippen molar-refractivity contribution < 1.29 is 27.5 Å².